The van der Waals surface area contributed by atoms with Crippen molar-refractivity contribution in [3.63, 3.8) is 0 Å². The molecular weight excluding hydrogens is 306 g/mol. The minimum absolute atomic E-state index is 0.185. The molecule has 0 aliphatic carbocycles. The van der Waals surface area contributed by atoms with Crippen LogP contribution in [0.25, 0.3) is 0 Å². The van der Waals surface area contributed by atoms with Crippen LogP contribution in [0, 0.1) is 0 Å². The molecule has 0 aliphatic rings. The zero-order valence-electron chi connectivity index (χ0n) is 14.0. The van der Waals surface area contributed by atoms with E-state index in [9.17, 15) is 0 Å². The summed E-state index contributed by atoms with van der Waals surface area (Å²) in [5.41, 5.74) is 0.997. The number of thiophene rings is 1. The van der Waals surface area contributed by atoms with Crippen LogP contribution in [-0.2, 0) is 6.42 Å². The Labute approximate surface area is 142 Å². The fraction of sp³-hybridized carbons (Fsp3) is 0.389. The van der Waals surface area contributed by atoms with Crippen molar-refractivity contribution < 1.29 is 4.74 Å². The maximum atomic E-state index is 5.66. The summed E-state index contributed by atoms with van der Waals surface area (Å²) in [4.78, 5) is 5.99. The van der Waals surface area contributed by atoms with Gasteiger partial charge in [-0.15, -0.1) is 11.3 Å². The molecule has 5 heteroatoms. The average molecular weight is 331 g/mol. The second-order valence-corrected chi connectivity index (χ2v) is 6.44. The van der Waals surface area contributed by atoms with Gasteiger partial charge in [0, 0.05) is 30.1 Å². The van der Waals surface area contributed by atoms with Crippen molar-refractivity contribution in [1.29, 1.82) is 0 Å². The molecule has 124 valence electrons. The maximum Gasteiger partial charge on any atom is 0.195 e. The first-order chi connectivity index (χ1) is 11.2. The number of rotatable bonds is 7. The molecule has 0 atom stereocenters. The van der Waals surface area contributed by atoms with E-state index < -0.39 is 0 Å². The summed E-state index contributed by atoms with van der Waals surface area (Å²) in [5, 5.41) is 8.70. The SMILES string of the molecule is CCNC(=NCCc1cccs1)Nc1ccc(OC(C)C)cc1. The van der Waals surface area contributed by atoms with Crippen molar-refractivity contribution in [2.75, 3.05) is 18.4 Å². The summed E-state index contributed by atoms with van der Waals surface area (Å²) < 4.78 is 5.66. The first kappa shape index (κ1) is 17.3. The van der Waals surface area contributed by atoms with Crippen LogP contribution in [0.5, 0.6) is 5.75 Å². The molecule has 23 heavy (non-hydrogen) atoms. The molecule has 1 aromatic carbocycles. The third-order valence-electron chi connectivity index (χ3n) is 3.04. The molecule has 2 N–H and O–H groups in total. The van der Waals surface area contributed by atoms with E-state index in [-0.39, 0.29) is 6.10 Å². The molecule has 1 heterocycles. The average Bonchev–Trinajstić information content (AvgIpc) is 3.02. The first-order valence-electron chi connectivity index (χ1n) is 8.02. The lowest BCUT2D eigenvalue weighted by Crippen LogP contribution is -2.30. The molecule has 2 aromatic rings. The van der Waals surface area contributed by atoms with Crippen LogP contribution in [-0.4, -0.2) is 25.2 Å². The van der Waals surface area contributed by atoms with Gasteiger partial charge in [0.2, 0.25) is 0 Å². The van der Waals surface area contributed by atoms with Crippen LogP contribution in [0.1, 0.15) is 25.6 Å². The number of benzene rings is 1. The van der Waals surface area contributed by atoms with Crippen molar-refractivity contribution in [2.24, 2.45) is 4.99 Å². The zero-order valence-corrected chi connectivity index (χ0v) is 14.8. The molecule has 0 spiro atoms. The van der Waals surface area contributed by atoms with Crippen molar-refractivity contribution in [1.82, 2.24) is 5.32 Å². The predicted molar refractivity (Wildman–Crippen MR) is 99.8 cm³/mol. The van der Waals surface area contributed by atoms with Crippen molar-refractivity contribution in [3.8, 4) is 5.75 Å². The number of hydrogen-bond acceptors (Lipinski definition) is 3. The van der Waals surface area contributed by atoms with Gasteiger partial charge in [0.25, 0.3) is 0 Å². The fourth-order valence-corrected chi connectivity index (χ4v) is 2.76. The lowest BCUT2D eigenvalue weighted by molar-refractivity contribution is 0.242. The van der Waals surface area contributed by atoms with Crippen LogP contribution in [0.3, 0.4) is 0 Å². The van der Waals surface area contributed by atoms with Crippen LogP contribution in [0.15, 0.2) is 46.8 Å². The largest absolute Gasteiger partial charge is 0.491 e. The zero-order chi connectivity index (χ0) is 16.5. The normalized spacial score (nSPS) is 11.6. The van der Waals surface area contributed by atoms with Crippen molar-refractivity contribution >= 4 is 23.0 Å². The molecule has 2 rings (SSSR count). The summed E-state index contributed by atoms with van der Waals surface area (Å²) in [6.45, 7) is 7.71. The Morgan fingerprint density at radius 2 is 2.00 bits per heavy atom. The van der Waals surface area contributed by atoms with E-state index >= 15 is 0 Å². The number of ether oxygens (including phenoxy) is 1. The smallest absolute Gasteiger partial charge is 0.195 e. The van der Waals surface area contributed by atoms with Crippen LogP contribution in [0.2, 0.25) is 0 Å². The van der Waals surface area contributed by atoms with Gasteiger partial charge in [0.1, 0.15) is 5.75 Å². The van der Waals surface area contributed by atoms with Gasteiger partial charge in [-0.2, -0.15) is 0 Å². The molecule has 0 saturated carbocycles. The lowest BCUT2D eigenvalue weighted by atomic mass is 10.3. The fourth-order valence-electron chi connectivity index (χ4n) is 2.07. The van der Waals surface area contributed by atoms with Crippen molar-refractivity contribution in [2.45, 2.75) is 33.3 Å². The second kappa shape index (κ2) is 9.20. The summed E-state index contributed by atoms with van der Waals surface area (Å²) in [7, 11) is 0. The van der Waals surface area contributed by atoms with E-state index in [4.69, 9.17) is 4.74 Å². The summed E-state index contributed by atoms with van der Waals surface area (Å²) in [6.07, 6.45) is 1.15. The predicted octanol–water partition coefficient (Wildman–Crippen LogP) is 4.16. The number of anilines is 1. The van der Waals surface area contributed by atoms with Gasteiger partial charge in [-0.3, -0.25) is 4.99 Å². The van der Waals surface area contributed by atoms with Crippen LogP contribution in [0.4, 0.5) is 5.69 Å². The highest BCUT2D eigenvalue weighted by Gasteiger charge is 2.01. The number of nitrogens with one attached hydrogen (secondary N) is 2. The third-order valence-corrected chi connectivity index (χ3v) is 3.98. The molecule has 0 saturated heterocycles. The summed E-state index contributed by atoms with van der Waals surface area (Å²) in [6, 6.07) is 12.2. The molecular formula is C18H25N3OS. The molecule has 0 fully saturated rings. The Balaban J connectivity index is 1.92. The van der Waals surface area contributed by atoms with E-state index in [1.54, 1.807) is 11.3 Å². The molecule has 0 amide bonds. The Bertz CT molecular complexity index is 591. The Kier molecular flexibility index (Phi) is 6.94. The number of hydrogen-bond donors (Lipinski definition) is 2. The minimum Gasteiger partial charge on any atom is -0.491 e. The quantitative estimate of drug-likeness (QED) is 0.592. The minimum atomic E-state index is 0.185. The highest BCUT2D eigenvalue weighted by atomic mass is 32.1. The highest BCUT2D eigenvalue weighted by Crippen LogP contribution is 2.17. The number of nitrogens with zero attached hydrogens (tertiary/aromatic N) is 1. The van der Waals surface area contributed by atoms with Crippen molar-refractivity contribution in [3.05, 3.63) is 46.7 Å². The van der Waals surface area contributed by atoms with Gasteiger partial charge in [-0.25, -0.2) is 0 Å². The first-order valence-corrected chi connectivity index (χ1v) is 8.89. The van der Waals surface area contributed by atoms with E-state index in [1.165, 1.54) is 4.88 Å². The summed E-state index contributed by atoms with van der Waals surface area (Å²) in [5.74, 6) is 1.69. The number of guanidine groups is 1. The standard InChI is InChI=1S/C18H25N3OS/c1-4-19-18(20-12-11-17-6-5-13-23-17)21-15-7-9-16(10-8-15)22-14(2)3/h5-10,13-14H,4,11-12H2,1-3H3,(H2,19,20,21). The molecule has 0 aliphatic heterocycles. The Morgan fingerprint density at radius 1 is 1.22 bits per heavy atom. The van der Waals surface area contributed by atoms with Gasteiger partial charge in [-0.1, -0.05) is 6.07 Å². The third kappa shape index (κ3) is 6.32. The van der Waals surface area contributed by atoms with E-state index in [1.807, 2.05) is 38.1 Å². The van der Waals surface area contributed by atoms with Gasteiger partial charge in [0.05, 0.1) is 6.10 Å². The van der Waals surface area contributed by atoms with E-state index in [0.29, 0.717) is 0 Å². The van der Waals surface area contributed by atoms with Gasteiger partial charge < -0.3 is 15.4 Å². The number of aliphatic imine (C=N–C) groups is 1. The molecule has 0 radical (unpaired) electrons. The molecule has 0 bridgehead atoms. The Morgan fingerprint density at radius 3 is 2.61 bits per heavy atom. The van der Waals surface area contributed by atoms with Crippen LogP contribution < -0.4 is 15.4 Å². The van der Waals surface area contributed by atoms with E-state index in [2.05, 4.69) is 40.1 Å². The van der Waals surface area contributed by atoms with Gasteiger partial charge in [0.15, 0.2) is 5.96 Å². The topological polar surface area (TPSA) is 45.7 Å². The maximum absolute atomic E-state index is 5.66. The van der Waals surface area contributed by atoms with E-state index in [0.717, 1.165) is 36.9 Å². The molecule has 0 unspecified atom stereocenters. The monoisotopic (exact) mass is 331 g/mol. The lowest BCUT2D eigenvalue weighted by Gasteiger charge is -2.13. The van der Waals surface area contributed by atoms with Gasteiger partial charge in [-0.05, 0) is 56.5 Å². The summed E-state index contributed by atoms with van der Waals surface area (Å²) >= 11 is 1.77. The second-order valence-electron chi connectivity index (χ2n) is 5.41. The van der Waals surface area contributed by atoms with Gasteiger partial charge >= 0.3 is 0 Å². The molecule has 1 aromatic heterocycles. The highest BCUT2D eigenvalue weighted by molar-refractivity contribution is 7.09. The van der Waals surface area contributed by atoms with Crippen LogP contribution >= 0.6 is 11.3 Å². The molecule has 4 nitrogen and oxygen atoms in total. The Hall–Kier alpha value is -2.01.